The van der Waals surface area contributed by atoms with Gasteiger partial charge in [-0.3, -0.25) is 4.79 Å². The molecular weight excluding hydrogens is 234 g/mol. The van der Waals surface area contributed by atoms with Gasteiger partial charge in [-0.2, -0.15) is 0 Å². The Balaban J connectivity index is 2.63. The molecule has 1 N–H and O–H groups in total. The van der Waals surface area contributed by atoms with E-state index >= 15 is 0 Å². The van der Waals surface area contributed by atoms with Gasteiger partial charge in [-0.05, 0) is 5.56 Å². The van der Waals surface area contributed by atoms with Crippen LogP contribution >= 0.6 is 0 Å². The molecule has 1 unspecified atom stereocenters. The molecular formula is C13H17NO4. The molecule has 0 saturated carbocycles. The van der Waals surface area contributed by atoms with Crippen LogP contribution in [-0.2, 0) is 19.1 Å². The van der Waals surface area contributed by atoms with Gasteiger partial charge in [0, 0.05) is 6.54 Å². The molecule has 1 aromatic rings. The summed E-state index contributed by atoms with van der Waals surface area (Å²) in [5.41, 5.74) is 0.800. The lowest BCUT2D eigenvalue weighted by Gasteiger charge is -2.16. The summed E-state index contributed by atoms with van der Waals surface area (Å²) in [6.45, 7) is 0.349. The maximum absolute atomic E-state index is 11.7. The number of rotatable bonds is 6. The highest BCUT2D eigenvalue weighted by atomic mass is 16.5. The molecule has 0 radical (unpaired) electrons. The molecule has 1 rings (SSSR count). The lowest BCUT2D eigenvalue weighted by atomic mass is 10.1. The van der Waals surface area contributed by atoms with Gasteiger partial charge in [0.1, 0.15) is 6.04 Å². The Hall–Kier alpha value is -1.88. The van der Waals surface area contributed by atoms with E-state index < -0.39 is 6.04 Å². The predicted octanol–water partition coefficient (Wildman–Crippen LogP) is 1.05. The van der Waals surface area contributed by atoms with Gasteiger partial charge in [0.2, 0.25) is 0 Å². The molecule has 0 spiro atoms. The van der Waals surface area contributed by atoms with Gasteiger partial charge < -0.3 is 14.8 Å². The summed E-state index contributed by atoms with van der Waals surface area (Å²) >= 11 is 0. The Labute approximate surface area is 106 Å². The fourth-order valence-corrected chi connectivity index (χ4v) is 1.52. The molecule has 5 heteroatoms. The summed E-state index contributed by atoms with van der Waals surface area (Å²) in [5, 5.41) is 2.98. The Morgan fingerprint density at radius 3 is 2.39 bits per heavy atom. The minimum Gasteiger partial charge on any atom is -0.469 e. The van der Waals surface area contributed by atoms with Gasteiger partial charge in [-0.15, -0.1) is 0 Å². The quantitative estimate of drug-likeness (QED) is 0.766. The van der Waals surface area contributed by atoms with Crippen molar-refractivity contribution in [3.63, 3.8) is 0 Å². The summed E-state index contributed by atoms with van der Waals surface area (Å²) in [7, 11) is 2.66. The standard InChI is InChI=1S/C13H17NO4/c1-17-11(15)8-9-14-12(13(16)18-2)10-6-4-3-5-7-10/h3-7,12,14H,8-9H2,1-2H3. The number of hydrogen-bond acceptors (Lipinski definition) is 5. The van der Waals surface area contributed by atoms with E-state index in [1.54, 1.807) is 0 Å². The van der Waals surface area contributed by atoms with Crippen molar-refractivity contribution in [2.24, 2.45) is 0 Å². The lowest BCUT2D eigenvalue weighted by molar-refractivity contribution is -0.144. The number of methoxy groups -OCH3 is 2. The van der Waals surface area contributed by atoms with Gasteiger partial charge in [0.15, 0.2) is 0 Å². The maximum atomic E-state index is 11.7. The van der Waals surface area contributed by atoms with Crippen LogP contribution in [0.4, 0.5) is 0 Å². The number of hydrogen-bond donors (Lipinski definition) is 1. The van der Waals surface area contributed by atoms with E-state index in [9.17, 15) is 9.59 Å². The molecule has 0 fully saturated rings. The Morgan fingerprint density at radius 1 is 1.17 bits per heavy atom. The fourth-order valence-electron chi connectivity index (χ4n) is 1.52. The van der Waals surface area contributed by atoms with Crippen molar-refractivity contribution in [2.75, 3.05) is 20.8 Å². The van der Waals surface area contributed by atoms with E-state index in [0.29, 0.717) is 6.54 Å². The molecule has 0 heterocycles. The van der Waals surface area contributed by atoms with Gasteiger partial charge in [0.05, 0.1) is 20.6 Å². The second-order valence-electron chi connectivity index (χ2n) is 3.65. The monoisotopic (exact) mass is 251 g/mol. The summed E-state index contributed by atoms with van der Waals surface area (Å²) < 4.78 is 9.26. The first-order valence-electron chi connectivity index (χ1n) is 5.62. The average molecular weight is 251 g/mol. The van der Waals surface area contributed by atoms with Gasteiger partial charge in [-0.1, -0.05) is 30.3 Å². The number of ether oxygens (including phenoxy) is 2. The molecule has 0 aromatic heterocycles. The smallest absolute Gasteiger partial charge is 0.327 e. The van der Waals surface area contributed by atoms with Crippen LogP contribution in [0, 0.1) is 0 Å². The van der Waals surface area contributed by atoms with Gasteiger partial charge >= 0.3 is 11.9 Å². The van der Waals surface area contributed by atoms with Crippen LogP contribution in [0.2, 0.25) is 0 Å². The minimum atomic E-state index is -0.569. The van der Waals surface area contributed by atoms with Crippen LogP contribution in [0.15, 0.2) is 30.3 Å². The predicted molar refractivity (Wildman–Crippen MR) is 65.8 cm³/mol. The first-order chi connectivity index (χ1) is 8.69. The normalized spacial score (nSPS) is 11.7. The molecule has 0 aliphatic rings. The van der Waals surface area contributed by atoms with Crippen molar-refractivity contribution in [3.05, 3.63) is 35.9 Å². The van der Waals surface area contributed by atoms with Crippen molar-refractivity contribution in [2.45, 2.75) is 12.5 Å². The lowest BCUT2D eigenvalue weighted by Crippen LogP contribution is -2.31. The first-order valence-corrected chi connectivity index (χ1v) is 5.62. The van der Waals surface area contributed by atoms with Gasteiger partial charge in [-0.25, -0.2) is 4.79 Å². The topological polar surface area (TPSA) is 64.6 Å². The van der Waals surface area contributed by atoms with Gasteiger partial charge in [0.25, 0.3) is 0 Å². The van der Waals surface area contributed by atoms with Crippen molar-refractivity contribution < 1.29 is 19.1 Å². The highest BCUT2D eigenvalue weighted by Crippen LogP contribution is 2.13. The molecule has 0 aliphatic heterocycles. The largest absolute Gasteiger partial charge is 0.469 e. The Kier molecular flexibility index (Phi) is 5.87. The third kappa shape index (κ3) is 4.18. The Bertz CT molecular complexity index is 391. The van der Waals surface area contributed by atoms with E-state index in [4.69, 9.17) is 4.74 Å². The molecule has 18 heavy (non-hydrogen) atoms. The van der Waals surface area contributed by atoms with Crippen LogP contribution in [0.3, 0.4) is 0 Å². The summed E-state index contributed by atoms with van der Waals surface area (Å²) in [6, 6.07) is 8.63. The highest BCUT2D eigenvalue weighted by molar-refractivity contribution is 5.77. The Morgan fingerprint density at radius 2 is 1.83 bits per heavy atom. The van der Waals surface area contributed by atoms with E-state index in [-0.39, 0.29) is 18.4 Å². The number of benzene rings is 1. The molecule has 0 bridgehead atoms. The SMILES string of the molecule is COC(=O)CCNC(C(=O)OC)c1ccccc1. The highest BCUT2D eigenvalue weighted by Gasteiger charge is 2.20. The zero-order chi connectivity index (χ0) is 13.4. The van der Waals surface area contributed by atoms with E-state index in [2.05, 4.69) is 10.1 Å². The number of carbonyl (C=O) groups is 2. The molecule has 0 aliphatic carbocycles. The van der Waals surface area contributed by atoms with Crippen molar-refractivity contribution >= 4 is 11.9 Å². The molecule has 98 valence electrons. The second kappa shape index (κ2) is 7.45. The van der Waals surface area contributed by atoms with Crippen LogP contribution < -0.4 is 5.32 Å². The van der Waals surface area contributed by atoms with Crippen molar-refractivity contribution in [3.8, 4) is 0 Å². The zero-order valence-corrected chi connectivity index (χ0v) is 10.5. The second-order valence-corrected chi connectivity index (χ2v) is 3.65. The third-order valence-electron chi connectivity index (χ3n) is 2.48. The molecule has 5 nitrogen and oxygen atoms in total. The third-order valence-corrected chi connectivity index (χ3v) is 2.48. The first kappa shape index (κ1) is 14.2. The van der Waals surface area contributed by atoms with Crippen LogP contribution in [0.25, 0.3) is 0 Å². The average Bonchev–Trinajstić information content (AvgIpc) is 2.43. The van der Waals surface area contributed by atoms with Crippen molar-refractivity contribution in [1.82, 2.24) is 5.32 Å². The summed E-state index contributed by atoms with van der Waals surface area (Å²) in [5.74, 6) is -0.703. The van der Waals surface area contributed by atoms with Crippen LogP contribution in [0.1, 0.15) is 18.0 Å². The minimum absolute atomic E-state index is 0.205. The molecule has 1 aromatic carbocycles. The summed E-state index contributed by atoms with van der Waals surface area (Å²) in [4.78, 5) is 22.6. The summed E-state index contributed by atoms with van der Waals surface area (Å²) in [6.07, 6.45) is 0.205. The van der Waals surface area contributed by atoms with E-state index in [1.807, 2.05) is 30.3 Å². The van der Waals surface area contributed by atoms with Crippen LogP contribution in [-0.4, -0.2) is 32.7 Å². The maximum Gasteiger partial charge on any atom is 0.327 e. The van der Waals surface area contributed by atoms with Crippen molar-refractivity contribution in [1.29, 1.82) is 0 Å². The molecule has 0 saturated heterocycles. The number of carbonyl (C=O) groups excluding carboxylic acids is 2. The van der Waals surface area contributed by atoms with E-state index in [0.717, 1.165) is 5.56 Å². The number of nitrogens with one attached hydrogen (secondary N) is 1. The zero-order valence-electron chi connectivity index (χ0n) is 10.5. The fraction of sp³-hybridized carbons (Fsp3) is 0.385. The van der Waals surface area contributed by atoms with Crippen LogP contribution in [0.5, 0.6) is 0 Å². The van der Waals surface area contributed by atoms with E-state index in [1.165, 1.54) is 14.2 Å². The molecule has 0 amide bonds. The number of esters is 2. The molecule has 1 atom stereocenters.